The van der Waals surface area contributed by atoms with Gasteiger partial charge in [0, 0.05) is 50.7 Å². The van der Waals surface area contributed by atoms with Crippen LogP contribution in [0.4, 0.5) is 24.8 Å². The summed E-state index contributed by atoms with van der Waals surface area (Å²) in [5.41, 5.74) is 0.192. The molecular formula is C24H22F3N5O3. The molecule has 1 aliphatic rings. The highest BCUT2D eigenvalue weighted by Gasteiger charge is 2.22. The topological polar surface area (TPSA) is 94.7 Å². The molecule has 1 fully saturated rings. The maximum absolute atomic E-state index is 14.0. The summed E-state index contributed by atoms with van der Waals surface area (Å²) in [5, 5.41) is 14.9. The van der Waals surface area contributed by atoms with Gasteiger partial charge in [-0.05, 0) is 35.7 Å². The highest BCUT2D eigenvalue weighted by Crippen LogP contribution is 2.27. The Kier molecular flexibility index (Phi) is 6.27. The van der Waals surface area contributed by atoms with E-state index in [4.69, 9.17) is 4.42 Å². The van der Waals surface area contributed by atoms with Gasteiger partial charge < -0.3 is 19.7 Å². The minimum atomic E-state index is -0.824. The smallest absolute Gasteiger partial charge is 0.408 e. The van der Waals surface area contributed by atoms with Crippen molar-refractivity contribution in [3.05, 3.63) is 70.6 Å². The molecule has 8 nitrogen and oxygen atoms in total. The molecule has 0 bridgehead atoms. The lowest BCUT2D eigenvalue weighted by Crippen LogP contribution is -2.49. The third kappa shape index (κ3) is 5.05. The quantitative estimate of drug-likeness (QED) is 0.403. The number of aromatic nitrogens is 2. The average molecular weight is 485 g/mol. The van der Waals surface area contributed by atoms with Crippen LogP contribution >= 0.6 is 0 Å². The van der Waals surface area contributed by atoms with Crippen molar-refractivity contribution in [1.82, 2.24) is 14.9 Å². The second-order valence-electron chi connectivity index (χ2n) is 8.43. The zero-order valence-corrected chi connectivity index (χ0v) is 18.5. The number of β-amino-alcohol motifs (C(OH)–C–C–N with tert-alkyl or cyclic N) is 1. The Morgan fingerprint density at radius 2 is 1.69 bits per heavy atom. The summed E-state index contributed by atoms with van der Waals surface area (Å²) in [6, 6.07) is 9.18. The van der Waals surface area contributed by atoms with Crippen LogP contribution in [0.25, 0.3) is 21.7 Å². The standard InChI is InChI=1S/C24H22F3N5O3/c25-15-2-1-14-9-21(27)29-23(18(14)10-15)32-7-5-31(6-8-32)13-17(33)12-28-22-19-11-16(26)3-4-20(19)35-24(34)30-22/h1-4,9-11,17,33H,5-8,12-13H2,(H,28,30,34). The molecule has 2 aromatic heterocycles. The highest BCUT2D eigenvalue weighted by molar-refractivity contribution is 5.92. The van der Waals surface area contributed by atoms with E-state index in [1.165, 1.54) is 42.5 Å². The Morgan fingerprint density at radius 1 is 0.971 bits per heavy atom. The van der Waals surface area contributed by atoms with Gasteiger partial charge in [0.2, 0.25) is 5.95 Å². The van der Waals surface area contributed by atoms with Gasteiger partial charge in [0.05, 0.1) is 11.5 Å². The third-order valence-corrected chi connectivity index (χ3v) is 5.99. The number of fused-ring (bicyclic) bond motifs is 2. The third-order valence-electron chi connectivity index (χ3n) is 5.99. The molecule has 0 amide bonds. The fraction of sp³-hybridized carbons (Fsp3) is 0.292. The summed E-state index contributed by atoms with van der Waals surface area (Å²) in [6.07, 6.45) is -0.804. The monoisotopic (exact) mass is 485 g/mol. The van der Waals surface area contributed by atoms with Crippen molar-refractivity contribution in [3.63, 3.8) is 0 Å². The minimum absolute atomic E-state index is 0.0810. The van der Waals surface area contributed by atoms with Crippen LogP contribution in [0, 0.1) is 17.6 Å². The molecule has 3 heterocycles. The first-order chi connectivity index (χ1) is 16.9. The summed E-state index contributed by atoms with van der Waals surface area (Å²) < 4.78 is 46.4. The van der Waals surface area contributed by atoms with E-state index in [0.717, 1.165) is 0 Å². The van der Waals surface area contributed by atoms with Gasteiger partial charge in [-0.2, -0.15) is 9.37 Å². The molecule has 0 radical (unpaired) electrons. The first-order valence-corrected chi connectivity index (χ1v) is 11.1. The Morgan fingerprint density at radius 3 is 2.46 bits per heavy atom. The van der Waals surface area contributed by atoms with Crippen LogP contribution in [0.15, 0.2) is 51.7 Å². The first-order valence-electron chi connectivity index (χ1n) is 11.1. The second kappa shape index (κ2) is 9.51. The molecule has 5 rings (SSSR count). The molecule has 2 aromatic carbocycles. The van der Waals surface area contributed by atoms with E-state index in [1.807, 2.05) is 9.80 Å². The molecule has 0 saturated carbocycles. The number of aliphatic hydroxyl groups is 1. The van der Waals surface area contributed by atoms with Crippen LogP contribution in [0.2, 0.25) is 0 Å². The van der Waals surface area contributed by atoms with Crippen molar-refractivity contribution < 1.29 is 22.7 Å². The number of piperazine rings is 1. The molecule has 1 saturated heterocycles. The zero-order valence-electron chi connectivity index (χ0n) is 18.5. The van der Waals surface area contributed by atoms with Crippen molar-refractivity contribution >= 4 is 33.4 Å². The van der Waals surface area contributed by atoms with Crippen molar-refractivity contribution in [3.8, 4) is 0 Å². The molecule has 35 heavy (non-hydrogen) atoms. The largest absolute Gasteiger partial charge is 0.441 e. The lowest BCUT2D eigenvalue weighted by atomic mass is 10.1. The predicted molar refractivity (Wildman–Crippen MR) is 125 cm³/mol. The molecule has 4 aromatic rings. The molecular weight excluding hydrogens is 463 g/mol. The molecule has 11 heteroatoms. The fourth-order valence-corrected chi connectivity index (χ4v) is 4.31. The van der Waals surface area contributed by atoms with Crippen LogP contribution < -0.4 is 16.0 Å². The molecule has 1 aliphatic heterocycles. The number of anilines is 2. The SMILES string of the molecule is O=c1nc(NCC(O)CN2CCN(c3nc(F)cc4ccc(F)cc34)CC2)c2cc(F)ccc2o1. The Hall–Kier alpha value is -3.70. The molecule has 2 N–H and O–H groups in total. The van der Waals surface area contributed by atoms with Gasteiger partial charge in [0.15, 0.2) is 0 Å². The van der Waals surface area contributed by atoms with E-state index in [1.54, 1.807) is 0 Å². The second-order valence-corrected chi connectivity index (χ2v) is 8.43. The number of nitrogens with zero attached hydrogens (tertiary/aromatic N) is 4. The Balaban J connectivity index is 1.21. The Bertz CT molecular complexity index is 1440. The maximum atomic E-state index is 14.0. The van der Waals surface area contributed by atoms with Gasteiger partial charge in [-0.15, -0.1) is 0 Å². The normalized spacial score (nSPS) is 15.6. The fourth-order valence-electron chi connectivity index (χ4n) is 4.31. The summed E-state index contributed by atoms with van der Waals surface area (Å²) in [5.74, 6) is -1.83. The molecule has 0 spiro atoms. The van der Waals surface area contributed by atoms with Crippen molar-refractivity contribution in [2.24, 2.45) is 0 Å². The van der Waals surface area contributed by atoms with Crippen LogP contribution in [0.5, 0.6) is 0 Å². The van der Waals surface area contributed by atoms with E-state index in [-0.39, 0.29) is 17.9 Å². The number of nitrogens with one attached hydrogen (secondary N) is 1. The van der Waals surface area contributed by atoms with Gasteiger partial charge in [0.25, 0.3) is 0 Å². The van der Waals surface area contributed by atoms with Crippen molar-refractivity contribution in [2.75, 3.05) is 49.5 Å². The van der Waals surface area contributed by atoms with Gasteiger partial charge >= 0.3 is 5.76 Å². The number of aliphatic hydroxyl groups excluding tert-OH is 1. The van der Waals surface area contributed by atoms with Crippen LogP contribution in [0.1, 0.15) is 0 Å². The van der Waals surface area contributed by atoms with E-state index in [0.29, 0.717) is 54.7 Å². The van der Waals surface area contributed by atoms with Crippen LogP contribution in [0.3, 0.4) is 0 Å². The van der Waals surface area contributed by atoms with Gasteiger partial charge in [-0.1, -0.05) is 6.07 Å². The number of hydrogen-bond acceptors (Lipinski definition) is 8. The minimum Gasteiger partial charge on any atom is -0.408 e. The molecule has 1 atom stereocenters. The number of pyridine rings is 1. The van der Waals surface area contributed by atoms with E-state index < -0.39 is 29.4 Å². The molecule has 1 unspecified atom stereocenters. The number of benzene rings is 2. The lowest BCUT2D eigenvalue weighted by Gasteiger charge is -2.36. The van der Waals surface area contributed by atoms with Crippen LogP contribution in [-0.2, 0) is 0 Å². The molecule has 0 aliphatic carbocycles. The summed E-state index contributed by atoms with van der Waals surface area (Å²) >= 11 is 0. The van der Waals surface area contributed by atoms with E-state index >= 15 is 0 Å². The number of halogens is 3. The average Bonchev–Trinajstić information content (AvgIpc) is 2.83. The molecule has 182 valence electrons. The van der Waals surface area contributed by atoms with Gasteiger partial charge in [-0.25, -0.2) is 18.6 Å². The lowest BCUT2D eigenvalue weighted by molar-refractivity contribution is 0.118. The van der Waals surface area contributed by atoms with Gasteiger partial charge in [-0.3, -0.25) is 4.90 Å². The van der Waals surface area contributed by atoms with E-state index in [2.05, 4.69) is 15.3 Å². The predicted octanol–water partition coefficient (Wildman–Crippen LogP) is 2.75. The van der Waals surface area contributed by atoms with Crippen molar-refractivity contribution in [1.29, 1.82) is 0 Å². The summed E-state index contributed by atoms with van der Waals surface area (Å²) in [4.78, 5) is 23.4. The summed E-state index contributed by atoms with van der Waals surface area (Å²) in [6.45, 7) is 2.61. The number of hydrogen-bond donors (Lipinski definition) is 2. The summed E-state index contributed by atoms with van der Waals surface area (Å²) in [7, 11) is 0. The number of rotatable bonds is 6. The van der Waals surface area contributed by atoms with Crippen molar-refractivity contribution in [2.45, 2.75) is 6.10 Å². The van der Waals surface area contributed by atoms with Crippen LogP contribution in [-0.4, -0.2) is 65.3 Å². The highest BCUT2D eigenvalue weighted by atomic mass is 19.1. The van der Waals surface area contributed by atoms with Gasteiger partial charge in [0.1, 0.15) is 28.9 Å². The first kappa shape index (κ1) is 23.1. The Labute approximate surface area is 197 Å². The zero-order chi connectivity index (χ0) is 24.5. The van der Waals surface area contributed by atoms with E-state index in [9.17, 15) is 23.1 Å². The maximum Gasteiger partial charge on any atom is 0.441 e.